The number of thiazole rings is 1. The SMILES string of the molecule is CC(C)(CO)NCc1nccs1. The fraction of sp³-hybridized carbons (Fsp3) is 0.625. The van der Waals surface area contributed by atoms with Gasteiger partial charge in [0.15, 0.2) is 0 Å². The molecule has 2 N–H and O–H groups in total. The van der Waals surface area contributed by atoms with Gasteiger partial charge in [0.1, 0.15) is 5.01 Å². The predicted molar refractivity (Wildman–Crippen MR) is 50.1 cm³/mol. The van der Waals surface area contributed by atoms with E-state index in [-0.39, 0.29) is 12.1 Å². The second-order valence-electron chi connectivity index (χ2n) is 3.32. The summed E-state index contributed by atoms with van der Waals surface area (Å²) in [7, 11) is 0. The van der Waals surface area contributed by atoms with E-state index in [0.717, 1.165) is 11.6 Å². The molecule has 68 valence electrons. The maximum absolute atomic E-state index is 8.94. The first-order valence-electron chi connectivity index (χ1n) is 3.88. The Morgan fingerprint density at radius 1 is 1.67 bits per heavy atom. The van der Waals surface area contributed by atoms with Crippen molar-refractivity contribution in [3.63, 3.8) is 0 Å². The molecule has 0 radical (unpaired) electrons. The number of rotatable bonds is 4. The van der Waals surface area contributed by atoms with Crippen LogP contribution in [0.15, 0.2) is 11.6 Å². The van der Waals surface area contributed by atoms with E-state index in [1.807, 2.05) is 19.2 Å². The summed E-state index contributed by atoms with van der Waals surface area (Å²) in [6.07, 6.45) is 1.79. The predicted octanol–water partition coefficient (Wildman–Crippen LogP) is 1.00. The fourth-order valence-electron chi connectivity index (χ4n) is 0.711. The normalized spacial score (nSPS) is 11.9. The summed E-state index contributed by atoms with van der Waals surface area (Å²) >= 11 is 1.62. The van der Waals surface area contributed by atoms with Gasteiger partial charge < -0.3 is 10.4 Å². The summed E-state index contributed by atoms with van der Waals surface area (Å²) in [4.78, 5) is 4.13. The summed E-state index contributed by atoms with van der Waals surface area (Å²) < 4.78 is 0. The molecule has 0 amide bonds. The Bertz CT molecular complexity index is 221. The summed E-state index contributed by atoms with van der Waals surface area (Å²) in [5, 5.41) is 15.2. The van der Waals surface area contributed by atoms with Crippen molar-refractivity contribution in [2.75, 3.05) is 6.61 Å². The molecule has 0 unspecified atom stereocenters. The molecule has 1 heterocycles. The molecule has 0 bridgehead atoms. The van der Waals surface area contributed by atoms with Gasteiger partial charge in [-0.25, -0.2) is 4.98 Å². The van der Waals surface area contributed by atoms with Crippen molar-refractivity contribution in [3.8, 4) is 0 Å². The van der Waals surface area contributed by atoms with Gasteiger partial charge in [-0.2, -0.15) is 0 Å². The highest BCUT2D eigenvalue weighted by molar-refractivity contribution is 7.09. The zero-order chi connectivity index (χ0) is 9.03. The van der Waals surface area contributed by atoms with Crippen molar-refractivity contribution in [2.45, 2.75) is 25.9 Å². The molecule has 0 aliphatic rings. The van der Waals surface area contributed by atoms with E-state index in [0.29, 0.717) is 0 Å². The lowest BCUT2D eigenvalue weighted by molar-refractivity contribution is 0.187. The van der Waals surface area contributed by atoms with Crippen molar-refractivity contribution >= 4 is 11.3 Å². The summed E-state index contributed by atoms with van der Waals surface area (Å²) in [6.45, 7) is 4.78. The molecule has 0 aromatic carbocycles. The van der Waals surface area contributed by atoms with Crippen LogP contribution in [0.5, 0.6) is 0 Å². The first-order chi connectivity index (χ1) is 5.64. The first kappa shape index (κ1) is 9.64. The van der Waals surface area contributed by atoms with Gasteiger partial charge in [-0.15, -0.1) is 11.3 Å². The number of hydrogen-bond acceptors (Lipinski definition) is 4. The Morgan fingerprint density at radius 3 is 2.92 bits per heavy atom. The van der Waals surface area contributed by atoms with Crippen molar-refractivity contribution in [3.05, 3.63) is 16.6 Å². The Kier molecular flexibility index (Phi) is 3.20. The van der Waals surface area contributed by atoms with Gasteiger partial charge in [0.25, 0.3) is 0 Å². The van der Waals surface area contributed by atoms with Crippen molar-refractivity contribution in [2.24, 2.45) is 0 Å². The Morgan fingerprint density at radius 2 is 2.42 bits per heavy atom. The number of nitrogens with zero attached hydrogens (tertiary/aromatic N) is 1. The lowest BCUT2D eigenvalue weighted by Gasteiger charge is -2.22. The van der Waals surface area contributed by atoms with Gasteiger partial charge in [0, 0.05) is 23.7 Å². The minimum Gasteiger partial charge on any atom is -0.394 e. The smallest absolute Gasteiger partial charge is 0.106 e. The van der Waals surface area contributed by atoms with Gasteiger partial charge >= 0.3 is 0 Å². The third kappa shape index (κ3) is 2.89. The zero-order valence-electron chi connectivity index (χ0n) is 7.37. The molecule has 1 aromatic rings. The van der Waals surface area contributed by atoms with Crippen LogP contribution in [0.3, 0.4) is 0 Å². The van der Waals surface area contributed by atoms with Crippen molar-refractivity contribution in [1.29, 1.82) is 0 Å². The molecule has 12 heavy (non-hydrogen) atoms. The van der Waals surface area contributed by atoms with Crippen LogP contribution in [-0.4, -0.2) is 22.2 Å². The molecule has 0 aliphatic heterocycles. The van der Waals surface area contributed by atoms with Crippen LogP contribution in [0.4, 0.5) is 0 Å². The minimum absolute atomic E-state index is 0.137. The van der Waals surface area contributed by atoms with Gasteiger partial charge in [-0.05, 0) is 13.8 Å². The molecule has 0 aliphatic carbocycles. The molecule has 0 spiro atoms. The summed E-state index contributed by atoms with van der Waals surface area (Å²) in [5.41, 5.74) is -0.217. The lowest BCUT2D eigenvalue weighted by atomic mass is 10.1. The van der Waals surface area contributed by atoms with E-state index in [4.69, 9.17) is 5.11 Å². The van der Waals surface area contributed by atoms with Gasteiger partial charge in [-0.3, -0.25) is 0 Å². The molecule has 0 saturated carbocycles. The van der Waals surface area contributed by atoms with Crippen molar-refractivity contribution < 1.29 is 5.11 Å². The first-order valence-corrected chi connectivity index (χ1v) is 4.76. The summed E-state index contributed by atoms with van der Waals surface area (Å²) in [5.74, 6) is 0. The molecule has 3 nitrogen and oxygen atoms in total. The van der Waals surface area contributed by atoms with Crippen LogP contribution in [0.2, 0.25) is 0 Å². The van der Waals surface area contributed by atoms with E-state index >= 15 is 0 Å². The van der Waals surface area contributed by atoms with E-state index in [2.05, 4.69) is 10.3 Å². The van der Waals surface area contributed by atoms with Crippen molar-refractivity contribution in [1.82, 2.24) is 10.3 Å². The number of nitrogens with one attached hydrogen (secondary N) is 1. The Labute approximate surface area is 76.5 Å². The van der Waals surface area contributed by atoms with Crippen LogP contribution < -0.4 is 5.32 Å². The number of aliphatic hydroxyl groups excluding tert-OH is 1. The van der Waals surface area contributed by atoms with Gasteiger partial charge in [0.05, 0.1) is 6.61 Å². The molecular formula is C8H14N2OS. The molecule has 0 saturated heterocycles. The summed E-state index contributed by atoms with van der Waals surface area (Å²) in [6, 6.07) is 0. The molecule has 0 atom stereocenters. The average molecular weight is 186 g/mol. The quantitative estimate of drug-likeness (QED) is 0.737. The highest BCUT2D eigenvalue weighted by Crippen LogP contribution is 2.06. The van der Waals surface area contributed by atoms with E-state index < -0.39 is 0 Å². The topological polar surface area (TPSA) is 45.1 Å². The number of aliphatic hydroxyl groups is 1. The van der Waals surface area contributed by atoms with E-state index in [9.17, 15) is 0 Å². The van der Waals surface area contributed by atoms with Crippen LogP contribution >= 0.6 is 11.3 Å². The number of hydrogen-bond donors (Lipinski definition) is 2. The maximum Gasteiger partial charge on any atom is 0.106 e. The molecule has 1 aromatic heterocycles. The highest BCUT2D eigenvalue weighted by Gasteiger charge is 2.14. The molecular weight excluding hydrogens is 172 g/mol. The highest BCUT2D eigenvalue weighted by atomic mass is 32.1. The van der Waals surface area contributed by atoms with Crippen LogP contribution in [0, 0.1) is 0 Å². The van der Waals surface area contributed by atoms with Crippen LogP contribution in [-0.2, 0) is 6.54 Å². The zero-order valence-corrected chi connectivity index (χ0v) is 8.19. The molecule has 4 heteroatoms. The molecule has 1 rings (SSSR count). The lowest BCUT2D eigenvalue weighted by Crippen LogP contribution is -2.42. The van der Waals surface area contributed by atoms with Crippen LogP contribution in [0.1, 0.15) is 18.9 Å². The standard InChI is InChI=1S/C8H14N2OS/c1-8(2,6-11)10-5-7-9-3-4-12-7/h3-4,10-11H,5-6H2,1-2H3. The van der Waals surface area contributed by atoms with Gasteiger partial charge in [0.2, 0.25) is 0 Å². The minimum atomic E-state index is -0.217. The van der Waals surface area contributed by atoms with Gasteiger partial charge in [-0.1, -0.05) is 0 Å². The second kappa shape index (κ2) is 3.98. The van der Waals surface area contributed by atoms with Crippen LogP contribution in [0.25, 0.3) is 0 Å². The largest absolute Gasteiger partial charge is 0.394 e. The third-order valence-corrected chi connectivity index (χ3v) is 2.38. The average Bonchev–Trinajstić information content (AvgIpc) is 2.53. The van der Waals surface area contributed by atoms with E-state index in [1.165, 1.54) is 0 Å². The maximum atomic E-state index is 8.94. The van der Waals surface area contributed by atoms with E-state index in [1.54, 1.807) is 17.5 Å². The second-order valence-corrected chi connectivity index (χ2v) is 4.30. The molecule has 0 fully saturated rings. The number of aromatic nitrogens is 1. The Balaban J connectivity index is 2.36. The third-order valence-electron chi connectivity index (χ3n) is 1.60. The monoisotopic (exact) mass is 186 g/mol. The Hall–Kier alpha value is -0.450. The fourth-order valence-corrected chi connectivity index (χ4v) is 1.27.